The van der Waals surface area contributed by atoms with Gasteiger partial charge in [-0.2, -0.15) is 4.98 Å². The fraction of sp³-hybridized carbons (Fsp3) is 0.500. The molecule has 1 aliphatic heterocycles. The Balaban J connectivity index is 2.04. The molecule has 0 aromatic carbocycles. The highest BCUT2D eigenvalue weighted by Gasteiger charge is 2.33. The van der Waals surface area contributed by atoms with Crippen LogP contribution in [0.3, 0.4) is 0 Å². The van der Waals surface area contributed by atoms with Gasteiger partial charge in [0.05, 0.1) is 5.54 Å². The van der Waals surface area contributed by atoms with Gasteiger partial charge in [0, 0.05) is 6.20 Å². The van der Waals surface area contributed by atoms with E-state index < -0.39 is 0 Å². The number of aromatic nitrogens is 2. The summed E-state index contributed by atoms with van der Waals surface area (Å²) in [7, 11) is 0. The second-order valence-corrected chi connectivity index (χ2v) is 4.56. The molecule has 0 aliphatic carbocycles. The lowest BCUT2D eigenvalue weighted by molar-refractivity contribution is 0.232. The SMILES string of the molecule is CC1(c2nc3ncccc3o2)CCCCN1. The molecule has 4 heteroatoms. The van der Waals surface area contributed by atoms with Gasteiger partial charge in [0.2, 0.25) is 5.89 Å². The summed E-state index contributed by atoms with van der Waals surface area (Å²) in [6.45, 7) is 3.18. The van der Waals surface area contributed by atoms with Crippen LogP contribution in [0.5, 0.6) is 0 Å². The highest BCUT2D eigenvalue weighted by Crippen LogP contribution is 2.30. The van der Waals surface area contributed by atoms with Crippen molar-refractivity contribution in [1.29, 1.82) is 0 Å². The Labute approximate surface area is 94.1 Å². The van der Waals surface area contributed by atoms with Crippen molar-refractivity contribution in [3.8, 4) is 0 Å². The monoisotopic (exact) mass is 217 g/mol. The summed E-state index contributed by atoms with van der Waals surface area (Å²) in [5.41, 5.74) is 1.34. The molecule has 0 bridgehead atoms. The minimum atomic E-state index is -0.126. The molecule has 2 aromatic heterocycles. The van der Waals surface area contributed by atoms with Crippen LogP contribution in [0.25, 0.3) is 11.2 Å². The van der Waals surface area contributed by atoms with Crippen LogP contribution >= 0.6 is 0 Å². The summed E-state index contributed by atoms with van der Waals surface area (Å²) in [6, 6.07) is 3.78. The molecule has 84 valence electrons. The third kappa shape index (κ3) is 1.50. The van der Waals surface area contributed by atoms with Crippen LogP contribution in [-0.2, 0) is 5.54 Å². The zero-order valence-corrected chi connectivity index (χ0v) is 9.36. The van der Waals surface area contributed by atoms with Gasteiger partial charge in [-0.1, -0.05) is 0 Å². The molecule has 1 fully saturated rings. The first kappa shape index (κ1) is 9.78. The predicted octanol–water partition coefficient (Wildman–Crippen LogP) is 2.21. The number of fused-ring (bicyclic) bond motifs is 1. The van der Waals surface area contributed by atoms with Crippen molar-refractivity contribution in [3.63, 3.8) is 0 Å². The van der Waals surface area contributed by atoms with Crippen LogP contribution in [0.2, 0.25) is 0 Å². The number of hydrogen-bond donors (Lipinski definition) is 1. The fourth-order valence-electron chi connectivity index (χ4n) is 2.24. The molecule has 1 saturated heterocycles. The Morgan fingerprint density at radius 3 is 3.12 bits per heavy atom. The van der Waals surface area contributed by atoms with Gasteiger partial charge in [0.15, 0.2) is 11.2 Å². The molecule has 0 radical (unpaired) electrons. The standard InChI is InChI=1S/C12H15N3O/c1-12(6-2-3-8-14-12)11-15-10-9(16-11)5-4-7-13-10/h4-5,7,14H,2-3,6,8H2,1H3. The second-order valence-electron chi connectivity index (χ2n) is 4.56. The van der Waals surface area contributed by atoms with Crippen molar-refractivity contribution >= 4 is 11.2 Å². The molecule has 16 heavy (non-hydrogen) atoms. The summed E-state index contributed by atoms with van der Waals surface area (Å²) < 4.78 is 5.77. The quantitative estimate of drug-likeness (QED) is 0.795. The van der Waals surface area contributed by atoms with E-state index in [4.69, 9.17) is 4.42 Å². The Bertz CT molecular complexity index is 467. The molecule has 3 rings (SSSR count). The van der Waals surface area contributed by atoms with Crippen molar-refractivity contribution in [2.75, 3.05) is 6.54 Å². The molecule has 1 N–H and O–H groups in total. The minimum Gasteiger partial charge on any atom is -0.437 e. The molecular weight excluding hydrogens is 202 g/mol. The van der Waals surface area contributed by atoms with Crippen LogP contribution in [-0.4, -0.2) is 16.5 Å². The maximum absolute atomic E-state index is 5.77. The van der Waals surface area contributed by atoms with E-state index in [1.807, 2.05) is 12.1 Å². The fourth-order valence-corrected chi connectivity index (χ4v) is 2.24. The summed E-state index contributed by atoms with van der Waals surface area (Å²) in [5.74, 6) is 0.765. The van der Waals surface area contributed by atoms with Gasteiger partial charge < -0.3 is 9.73 Å². The third-order valence-electron chi connectivity index (χ3n) is 3.26. The van der Waals surface area contributed by atoms with Crippen molar-refractivity contribution in [3.05, 3.63) is 24.2 Å². The molecule has 3 heterocycles. The van der Waals surface area contributed by atoms with E-state index in [1.54, 1.807) is 6.20 Å². The van der Waals surface area contributed by atoms with Crippen LogP contribution in [0.1, 0.15) is 32.1 Å². The van der Waals surface area contributed by atoms with E-state index in [0.29, 0.717) is 5.65 Å². The number of oxazole rings is 1. The largest absolute Gasteiger partial charge is 0.437 e. The predicted molar refractivity (Wildman–Crippen MR) is 61.0 cm³/mol. The zero-order chi connectivity index (χ0) is 11.0. The molecule has 1 atom stereocenters. The second kappa shape index (κ2) is 3.56. The third-order valence-corrected chi connectivity index (χ3v) is 3.26. The number of pyridine rings is 1. The number of nitrogens with one attached hydrogen (secondary N) is 1. The van der Waals surface area contributed by atoms with Crippen LogP contribution in [0, 0.1) is 0 Å². The number of piperidine rings is 1. The lowest BCUT2D eigenvalue weighted by Gasteiger charge is -2.31. The van der Waals surface area contributed by atoms with Crippen LogP contribution < -0.4 is 5.32 Å². The molecule has 4 nitrogen and oxygen atoms in total. The van der Waals surface area contributed by atoms with Crippen molar-refractivity contribution in [1.82, 2.24) is 15.3 Å². The van der Waals surface area contributed by atoms with Crippen LogP contribution in [0.4, 0.5) is 0 Å². The molecule has 1 unspecified atom stereocenters. The van der Waals surface area contributed by atoms with E-state index >= 15 is 0 Å². The highest BCUT2D eigenvalue weighted by molar-refractivity contribution is 5.67. The van der Waals surface area contributed by atoms with E-state index in [9.17, 15) is 0 Å². The lowest BCUT2D eigenvalue weighted by atomic mass is 9.91. The first-order valence-electron chi connectivity index (χ1n) is 5.75. The Morgan fingerprint density at radius 1 is 1.44 bits per heavy atom. The van der Waals surface area contributed by atoms with Gasteiger partial charge in [-0.25, -0.2) is 4.98 Å². The Kier molecular flexibility index (Phi) is 2.17. The van der Waals surface area contributed by atoms with Gasteiger partial charge in [0.1, 0.15) is 0 Å². The van der Waals surface area contributed by atoms with Crippen molar-refractivity contribution in [2.45, 2.75) is 31.7 Å². The molecular formula is C12H15N3O. The Hall–Kier alpha value is -1.42. The van der Waals surface area contributed by atoms with Gasteiger partial charge in [-0.05, 0) is 44.9 Å². The average molecular weight is 217 g/mol. The number of hydrogen-bond acceptors (Lipinski definition) is 4. The Morgan fingerprint density at radius 2 is 2.38 bits per heavy atom. The smallest absolute Gasteiger partial charge is 0.217 e. The van der Waals surface area contributed by atoms with E-state index in [-0.39, 0.29) is 5.54 Å². The summed E-state index contributed by atoms with van der Waals surface area (Å²) in [4.78, 5) is 8.66. The topological polar surface area (TPSA) is 51.0 Å². The molecule has 2 aromatic rings. The van der Waals surface area contributed by atoms with E-state index in [0.717, 1.165) is 24.4 Å². The van der Waals surface area contributed by atoms with Gasteiger partial charge in [0.25, 0.3) is 0 Å². The maximum Gasteiger partial charge on any atom is 0.217 e. The number of rotatable bonds is 1. The molecule has 0 amide bonds. The van der Waals surface area contributed by atoms with Crippen molar-refractivity contribution in [2.24, 2.45) is 0 Å². The summed E-state index contributed by atoms with van der Waals surface area (Å²) >= 11 is 0. The first-order chi connectivity index (χ1) is 7.78. The molecule has 0 spiro atoms. The average Bonchev–Trinajstić information content (AvgIpc) is 2.74. The maximum atomic E-state index is 5.77. The van der Waals surface area contributed by atoms with Gasteiger partial charge in [-0.3, -0.25) is 0 Å². The zero-order valence-electron chi connectivity index (χ0n) is 9.36. The van der Waals surface area contributed by atoms with Gasteiger partial charge in [-0.15, -0.1) is 0 Å². The van der Waals surface area contributed by atoms with E-state index in [2.05, 4.69) is 22.2 Å². The molecule has 0 saturated carbocycles. The summed E-state index contributed by atoms with van der Waals surface area (Å²) in [6.07, 6.45) is 5.26. The first-order valence-corrected chi connectivity index (χ1v) is 5.75. The van der Waals surface area contributed by atoms with Crippen molar-refractivity contribution < 1.29 is 4.42 Å². The van der Waals surface area contributed by atoms with Gasteiger partial charge >= 0.3 is 0 Å². The summed E-state index contributed by atoms with van der Waals surface area (Å²) in [5, 5.41) is 3.49. The lowest BCUT2D eigenvalue weighted by Crippen LogP contribution is -2.43. The van der Waals surface area contributed by atoms with E-state index in [1.165, 1.54) is 12.8 Å². The number of nitrogens with zero attached hydrogens (tertiary/aromatic N) is 2. The van der Waals surface area contributed by atoms with Crippen LogP contribution in [0.15, 0.2) is 22.7 Å². The normalized spacial score (nSPS) is 26.1. The highest BCUT2D eigenvalue weighted by atomic mass is 16.4. The minimum absolute atomic E-state index is 0.126. The molecule has 1 aliphatic rings.